The number of hydrogen-bond donors (Lipinski definition) is 1. The van der Waals surface area contributed by atoms with Crippen LogP contribution >= 0.6 is 0 Å². The molecule has 3 rings (SSSR count). The maximum Gasteiger partial charge on any atom is 0.290 e. The molecule has 1 saturated heterocycles. The van der Waals surface area contributed by atoms with Gasteiger partial charge in [0.05, 0.1) is 4.92 Å². The molecule has 2 aromatic rings. The van der Waals surface area contributed by atoms with E-state index in [0.29, 0.717) is 17.8 Å². The first-order valence-corrected chi connectivity index (χ1v) is 8.75. The molecule has 1 unspecified atom stereocenters. The smallest absolute Gasteiger partial charge is 0.290 e. The van der Waals surface area contributed by atoms with Crippen molar-refractivity contribution in [1.82, 2.24) is 9.88 Å². The lowest BCUT2D eigenvalue weighted by Crippen LogP contribution is -2.34. The van der Waals surface area contributed by atoms with E-state index in [1.165, 1.54) is 11.8 Å². The molecule has 1 aromatic carbocycles. The number of nitrogens with zero attached hydrogens (tertiary/aromatic N) is 3. The van der Waals surface area contributed by atoms with Crippen LogP contribution in [-0.4, -0.2) is 39.8 Å². The monoisotopic (exact) mass is 354 g/mol. The molecule has 1 N–H and O–H groups in total. The predicted molar refractivity (Wildman–Crippen MR) is 99.0 cm³/mol. The predicted octanol–water partition coefficient (Wildman–Crippen LogP) is 2.94. The number of aryl methyl sites for hydroxylation is 2. The molecule has 0 saturated carbocycles. The third-order valence-electron chi connectivity index (χ3n) is 4.64. The number of nitro groups is 1. The van der Waals surface area contributed by atoms with Gasteiger partial charge in [-0.15, -0.1) is 0 Å². The van der Waals surface area contributed by atoms with Crippen LogP contribution in [0.3, 0.4) is 0 Å². The lowest BCUT2D eigenvalue weighted by molar-refractivity contribution is -0.385. The zero-order valence-electron chi connectivity index (χ0n) is 14.7. The fourth-order valence-electron chi connectivity index (χ4n) is 3.21. The highest BCUT2D eigenvalue weighted by Crippen LogP contribution is 2.21. The third-order valence-corrected chi connectivity index (χ3v) is 4.64. The summed E-state index contributed by atoms with van der Waals surface area (Å²) in [5.41, 5.74) is 1.79. The normalized spacial score (nSPS) is 16.7. The molecule has 1 aliphatic rings. The summed E-state index contributed by atoms with van der Waals surface area (Å²) < 4.78 is 0. The summed E-state index contributed by atoms with van der Waals surface area (Å²) in [6, 6.07) is 11.5. The number of pyridine rings is 1. The molecule has 0 bridgehead atoms. The van der Waals surface area contributed by atoms with Crippen LogP contribution in [0.15, 0.2) is 42.6 Å². The molecule has 1 aliphatic heterocycles. The summed E-state index contributed by atoms with van der Waals surface area (Å²) in [6.45, 7) is 3.12. The van der Waals surface area contributed by atoms with Gasteiger partial charge in [0.2, 0.25) is 5.91 Å². The van der Waals surface area contributed by atoms with Gasteiger partial charge in [0.25, 0.3) is 5.69 Å². The highest BCUT2D eigenvalue weighted by molar-refractivity contribution is 5.86. The number of anilines is 1. The number of likely N-dealkylation sites (tertiary alicyclic amines) is 1. The Hall–Kier alpha value is -2.96. The van der Waals surface area contributed by atoms with E-state index in [0.717, 1.165) is 25.9 Å². The van der Waals surface area contributed by atoms with Crippen molar-refractivity contribution in [3.8, 4) is 0 Å². The first-order chi connectivity index (χ1) is 12.5. The number of benzene rings is 1. The topological polar surface area (TPSA) is 88.4 Å². The molecule has 0 aliphatic carbocycles. The highest BCUT2D eigenvalue weighted by Gasteiger charge is 2.31. The van der Waals surface area contributed by atoms with Gasteiger partial charge in [0.1, 0.15) is 18.1 Å². The van der Waals surface area contributed by atoms with Gasteiger partial charge in [-0.25, -0.2) is 4.98 Å². The van der Waals surface area contributed by atoms with E-state index in [1.807, 2.05) is 23.1 Å². The average Bonchev–Trinajstić information content (AvgIpc) is 2.96. The van der Waals surface area contributed by atoms with Crippen molar-refractivity contribution < 1.29 is 9.72 Å². The lowest BCUT2D eigenvalue weighted by atomic mass is 10.1. The highest BCUT2D eigenvalue weighted by atomic mass is 16.6. The Bertz CT molecular complexity index is 795. The number of rotatable bonds is 7. The van der Waals surface area contributed by atoms with Crippen molar-refractivity contribution in [2.45, 2.75) is 32.2 Å². The molecule has 7 nitrogen and oxygen atoms in total. The van der Waals surface area contributed by atoms with Crippen LogP contribution in [0.5, 0.6) is 0 Å². The molecule has 136 valence electrons. The molecule has 2 heterocycles. The fraction of sp³-hybridized carbons (Fsp3) is 0.368. The Morgan fingerprint density at radius 1 is 1.35 bits per heavy atom. The standard InChI is InChI=1S/C19H22N4O3/c1-14-12-18(20-13-17(14)23(25)26)21-16-9-11-22(19(16)24)10-5-8-15-6-3-2-4-7-15/h2-4,6-7,12-13,16H,5,8-11H2,1H3,(H,20,21). The minimum absolute atomic E-state index is 0.0177. The van der Waals surface area contributed by atoms with Crippen LogP contribution in [0, 0.1) is 17.0 Å². The molecule has 0 spiro atoms. The van der Waals surface area contributed by atoms with Crippen LogP contribution in [0.25, 0.3) is 0 Å². The summed E-state index contributed by atoms with van der Waals surface area (Å²) in [6.07, 6.45) is 3.82. The third kappa shape index (κ3) is 4.17. The van der Waals surface area contributed by atoms with Crippen LogP contribution in [0.2, 0.25) is 0 Å². The number of carbonyl (C=O) groups is 1. The molecule has 1 fully saturated rings. The van der Waals surface area contributed by atoms with Gasteiger partial charge in [0.15, 0.2) is 0 Å². The first-order valence-electron chi connectivity index (χ1n) is 8.75. The number of hydrogen-bond acceptors (Lipinski definition) is 5. The number of aromatic nitrogens is 1. The van der Waals surface area contributed by atoms with E-state index < -0.39 is 4.92 Å². The van der Waals surface area contributed by atoms with E-state index in [9.17, 15) is 14.9 Å². The zero-order chi connectivity index (χ0) is 18.5. The van der Waals surface area contributed by atoms with Crippen molar-refractivity contribution in [3.05, 3.63) is 63.8 Å². The summed E-state index contributed by atoms with van der Waals surface area (Å²) >= 11 is 0. The van der Waals surface area contributed by atoms with Crippen molar-refractivity contribution in [3.63, 3.8) is 0 Å². The van der Waals surface area contributed by atoms with Crippen molar-refractivity contribution in [2.24, 2.45) is 0 Å². The number of amides is 1. The van der Waals surface area contributed by atoms with Gasteiger partial charge < -0.3 is 10.2 Å². The maximum atomic E-state index is 12.5. The van der Waals surface area contributed by atoms with Gasteiger partial charge in [-0.1, -0.05) is 30.3 Å². The summed E-state index contributed by atoms with van der Waals surface area (Å²) in [4.78, 5) is 28.9. The maximum absolute atomic E-state index is 12.5. The van der Waals surface area contributed by atoms with Crippen LogP contribution in [-0.2, 0) is 11.2 Å². The Morgan fingerprint density at radius 2 is 2.12 bits per heavy atom. The average molecular weight is 354 g/mol. The van der Waals surface area contributed by atoms with Crippen molar-refractivity contribution in [1.29, 1.82) is 0 Å². The van der Waals surface area contributed by atoms with Crippen LogP contribution < -0.4 is 5.32 Å². The second-order valence-electron chi connectivity index (χ2n) is 6.51. The van der Waals surface area contributed by atoms with Gasteiger partial charge >= 0.3 is 0 Å². The quantitative estimate of drug-likeness (QED) is 0.610. The molecule has 0 radical (unpaired) electrons. The minimum atomic E-state index is -0.457. The Kier molecular flexibility index (Phi) is 5.46. The van der Waals surface area contributed by atoms with Crippen LogP contribution in [0.4, 0.5) is 11.5 Å². The Labute approximate surface area is 152 Å². The minimum Gasteiger partial charge on any atom is -0.358 e. The van der Waals surface area contributed by atoms with Crippen molar-refractivity contribution in [2.75, 3.05) is 18.4 Å². The van der Waals surface area contributed by atoms with Gasteiger partial charge in [-0.05, 0) is 37.8 Å². The summed E-state index contributed by atoms with van der Waals surface area (Å²) in [5.74, 6) is 0.563. The van der Waals surface area contributed by atoms with Gasteiger partial charge in [-0.2, -0.15) is 0 Å². The van der Waals surface area contributed by atoms with E-state index in [4.69, 9.17) is 0 Å². The molecular weight excluding hydrogens is 332 g/mol. The largest absolute Gasteiger partial charge is 0.358 e. The molecule has 1 aromatic heterocycles. The number of nitrogens with one attached hydrogen (secondary N) is 1. The van der Waals surface area contributed by atoms with E-state index >= 15 is 0 Å². The lowest BCUT2D eigenvalue weighted by Gasteiger charge is -2.17. The first kappa shape index (κ1) is 17.8. The number of carbonyl (C=O) groups excluding carboxylic acids is 1. The SMILES string of the molecule is Cc1cc(NC2CCN(CCCc3ccccc3)C2=O)ncc1[N+](=O)[O-]. The molecule has 1 amide bonds. The zero-order valence-corrected chi connectivity index (χ0v) is 14.7. The second kappa shape index (κ2) is 7.95. The fourth-order valence-corrected chi connectivity index (χ4v) is 3.21. The molecule has 7 heteroatoms. The van der Waals surface area contributed by atoms with E-state index in [2.05, 4.69) is 22.4 Å². The van der Waals surface area contributed by atoms with Gasteiger partial charge in [0, 0.05) is 18.7 Å². The van der Waals surface area contributed by atoms with E-state index in [1.54, 1.807) is 13.0 Å². The molecular formula is C19H22N4O3. The van der Waals surface area contributed by atoms with Crippen molar-refractivity contribution >= 4 is 17.4 Å². The summed E-state index contributed by atoms with van der Waals surface area (Å²) in [5, 5.41) is 14.0. The molecule has 1 atom stereocenters. The second-order valence-corrected chi connectivity index (χ2v) is 6.51. The molecule has 26 heavy (non-hydrogen) atoms. The van der Waals surface area contributed by atoms with Gasteiger partial charge in [-0.3, -0.25) is 14.9 Å². The summed E-state index contributed by atoms with van der Waals surface area (Å²) in [7, 11) is 0. The van der Waals surface area contributed by atoms with Crippen LogP contribution in [0.1, 0.15) is 24.0 Å². The van der Waals surface area contributed by atoms with E-state index in [-0.39, 0.29) is 17.6 Å². The Morgan fingerprint density at radius 3 is 2.81 bits per heavy atom. The Balaban J connectivity index is 1.52.